The van der Waals surface area contributed by atoms with E-state index in [4.69, 9.17) is 10.5 Å². The van der Waals surface area contributed by atoms with Crippen LogP contribution < -0.4 is 10.5 Å². The van der Waals surface area contributed by atoms with Crippen LogP contribution in [0, 0.1) is 0 Å². The van der Waals surface area contributed by atoms with Gasteiger partial charge in [-0.1, -0.05) is 12.1 Å². The minimum atomic E-state index is -0.448. The molecule has 0 bridgehead atoms. The highest BCUT2D eigenvalue weighted by Gasteiger charge is 2.15. The third kappa shape index (κ3) is 2.82. The maximum Gasteiger partial charge on any atom is 0.239 e. The monoisotopic (exact) mass is 248 g/mol. The van der Waals surface area contributed by atoms with Gasteiger partial charge in [-0.25, -0.2) is 0 Å². The quantitative estimate of drug-likeness (QED) is 0.877. The van der Waals surface area contributed by atoms with Gasteiger partial charge in [0.1, 0.15) is 5.75 Å². The van der Waals surface area contributed by atoms with Gasteiger partial charge in [0.2, 0.25) is 5.91 Å². The second-order valence-corrected chi connectivity index (χ2v) is 4.88. The fraction of sp³-hybridized carbons (Fsp3) is 0.500. The van der Waals surface area contributed by atoms with E-state index in [2.05, 4.69) is 6.07 Å². The maximum absolute atomic E-state index is 11.7. The molecule has 4 nitrogen and oxygen atoms in total. The summed E-state index contributed by atoms with van der Waals surface area (Å²) in [5.74, 6) is 0.940. The number of carbonyl (C=O) groups excluding carboxylic acids is 1. The van der Waals surface area contributed by atoms with Crippen LogP contribution in [-0.2, 0) is 17.8 Å². The van der Waals surface area contributed by atoms with E-state index in [1.807, 2.05) is 12.1 Å². The Morgan fingerprint density at radius 3 is 3.06 bits per heavy atom. The van der Waals surface area contributed by atoms with Crippen LogP contribution >= 0.6 is 0 Å². The lowest BCUT2D eigenvalue weighted by atomic mass is 10.0. The lowest BCUT2D eigenvalue weighted by Gasteiger charge is -2.21. The standard InChI is InChI=1S/C14H20N2O2/c1-10(15)14(17)16(2)9-11-5-6-13-12(8-11)4-3-7-18-13/h5-6,8,10H,3-4,7,9,15H2,1-2H3. The van der Waals surface area contributed by atoms with Gasteiger partial charge in [-0.3, -0.25) is 4.79 Å². The first-order chi connectivity index (χ1) is 8.58. The van der Waals surface area contributed by atoms with Crippen LogP contribution in [0.5, 0.6) is 5.75 Å². The van der Waals surface area contributed by atoms with Gasteiger partial charge in [-0.15, -0.1) is 0 Å². The maximum atomic E-state index is 11.7. The van der Waals surface area contributed by atoms with Gasteiger partial charge >= 0.3 is 0 Å². The third-order valence-electron chi connectivity index (χ3n) is 3.16. The molecule has 0 radical (unpaired) electrons. The summed E-state index contributed by atoms with van der Waals surface area (Å²) < 4.78 is 5.57. The molecule has 18 heavy (non-hydrogen) atoms. The average Bonchev–Trinajstić information content (AvgIpc) is 2.37. The summed E-state index contributed by atoms with van der Waals surface area (Å²) in [5.41, 5.74) is 7.95. The van der Waals surface area contributed by atoms with Crippen LogP contribution in [-0.4, -0.2) is 30.5 Å². The number of nitrogens with two attached hydrogens (primary N) is 1. The van der Waals surface area contributed by atoms with E-state index < -0.39 is 6.04 Å². The molecule has 2 N–H and O–H groups in total. The first-order valence-corrected chi connectivity index (χ1v) is 6.33. The van der Waals surface area contributed by atoms with Gasteiger partial charge in [0.05, 0.1) is 12.6 Å². The molecule has 1 unspecified atom stereocenters. The Labute approximate surface area is 108 Å². The van der Waals surface area contributed by atoms with Gasteiger partial charge in [0.25, 0.3) is 0 Å². The molecule has 1 aromatic carbocycles. The molecule has 1 aromatic rings. The highest BCUT2D eigenvalue weighted by molar-refractivity contribution is 5.80. The van der Waals surface area contributed by atoms with Crippen LogP contribution in [0.15, 0.2) is 18.2 Å². The van der Waals surface area contributed by atoms with Crippen molar-refractivity contribution in [2.45, 2.75) is 32.4 Å². The second kappa shape index (κ2) is 5.40. The second-order valence-electron chi connectivity index (χ2n) is 4.88. The molecule has 1 amide bonds. The molecule has 0 aromatic heterocycles. The molecule has 98 valence electrons. The van der Waals surface area contributed by atoms with E-state index in [1.54, 1.807) is 18.9 Å². The Morgan fingerprint density at radius 1 is 1.56 bits per heavy atom. The zero-order valence-corrected chi connectivity index (χ0v) is 11.0. The van der Waals surface area contributed by atoms with Gasteiger partial charge in [-0.2, -0.15) is 0 Å². The smallest absolute Gasteiger partial charge is 0.239 e. The van der Waals surface area contributed by atoms with Crippen molar-refractivity contribution in [2.75, 3.05) is 13.7 Å². The summed E-state index contributed by atoms with van der Waals surface area (Å²) in [6.45, 7) is 3.10. The van der Waals surface area contributed by atoms with Crippen LogP contribution in [0.1, 0.15) is 24.5 Å². The van der Waals surface area contributed by atoms with Crippen molar-refractivity contribution < 1.29 is 9.53 Å². The number of rotatable bonds is 3. The molecule has 1 atom stereocenters. The number of benzene rings is 1. The van der Waals surface area contributed by atoms with Crippen molar-refractivity contribution in [1.82, 2.24) is 4.90 Å². The summed E-state index contributed by atoms with van der Waals surface area (Å²) in [4.78, 5) is 13.4. The van der Waals surface area contributed by atoms with Gasteiger partial charge < -0.3 is 15.4 Å². The van der Waals surface area contributed by atoms with E-state index >= 15 is 0 Å². The molecular weight excluding hydrogens is 228 g/mol. The largest absolute Gasteiger partial charge is 0.493 e. The highest BCUT2D eigenvalue weighted by atomic mass is 16.5. The zero-order valence-electron chi connectivity index (χ0n) is 11.0. The normalized spacial score (nSPS) is 15.5. The number of fused-ring (bicyclic) bond motifs is 1. The topological polar surface area (TPSA) is 55.6 Å². The highest BCUT2D eigenvalue weighted by Crippen LogP contribution is 2.25. The first kappa shape index (κ1) is 12.9. The summed E-state index contributed by atoms with van der Waals surface area (Å²) >= 11 is 0. The molecule has 0 saturated heterocycles. The zero-order chi connectivity index (χ0) is 13.1. The van der Waals surface area contributed by atoms with Crippen LogP contribution in [0.3, 0.4) is 0 Å². The van der Waals surface area contributed by atoms with E-state index in [0.717, 1.165) is 30.8 Å². The lowest BCUT2D eigenvalue weighted by molar-refractivity contribution is -0.131. The molecule has 1 aliphatic heterocycles. The molecule has 0 saturated carbocycles. The van der Waals surface area contributed by atoms with Crippen molar-refractivity contribution in [3.8, 4) is 5.75 Å². The predicted molar refractivity (Wildman–Crippen MR) is 70.4 cm³/mol. The Bertz CT molecular complexity index is 443. The van der Waals surface area contributed by atoms with Gasteiger partial charge in [0, 0.05) is 13.6 Å². The summed E-state index contributed by atoms with van der Waals surface area (Å²) in [6.07, 6.45) is 2.11. The number of hydrogen-bond acceptors (Lipinski definition) is 3. The number of aryl methyl sites for hydroxylation is 1. The first-order valence-electron chi connectivity index (χ1n) is 6.33. The number of carbonyl (C=O) groups is 1. The SMILES string of the molecule is CC(N)C(=O)N(C)Cc1ccc2c(c1)CCCO2. The third-order valence-corrected chi connectivity index (χ3v) is 3.16. The predicted octanol–water partition coefficient (Wildman–Crippen LogP) is 1.32. The number of hydrogen-bond donors (Lipinski definition) is 1. The van der Waals surface area contributed by atoms with E-state index in [1.165, 1.54) is 5.56 Å². The van der Waals surface area contributed by atoms with Crippen molar-refractivity contribution in [1.29, 1.82) is 0 Å². The van der Waals surface area contributed by atoms with Crippen molar-refractivity contribution in [3.05, 3.63) is 29.3 Å². The number of nitrogens with zero attached hydrogens (tertiary/aromatic N) is 1. The fourth-order valence-corrected chi connectivity index (χ4v) is 2.21. The molecular formula is C14H20N2O2. The van der Waals surface area contributed by atoms with Crippen molar-refractivity contribution >= 4 is 5.91 Å². The minimum absolute atomic E-state index is 0.0380. The average molecular weight is 248 g/mol. The molecule has 0 fully saturated rings. The molecule has 1 aliphatic rings. The summed E-state index contributed by atoms with van der Waals surface area (Å²) in [7, 11) is 1.78. The number of amides is 1. The van der Waals surface area contributed by atoms with Gasteiger partial charge in [-0.05, 0) is 37.0 Å². The van der Waals surface area contributed by atoms with Gasteiger partial charge in [0.15, 0.2) is 0 Å². The Kier molecular flexibility index (Phi) is 3.87. The lowest BCUT2D eigenvalue weighted by Crippen LogP contribution is -2.39. The van der Waals surface area contributed by atoms with Crippen LogP contribution in [0.2, 0.25) is 0 Å². The summed E-state index contributed by atoms with van der Waals surface area (Å²) in [6, 6.07) is 5.68. The molecule has 0 aliphatic carbocycles. The Morgan fingerprint density at radius 2 is 2.33 bits per heavy atom. The number of likely N-dealkylation sites (N-methyl/N-ethyl adjacent to an activating group) is 1. The molecule has 1 heterocycles. The number of ether oxygens (including phenoxy) is 1. The molecule has 2 rings (SSSR count). The molecule has 4 heteroatoms. The Hall–Kier alpha value is -1.55. The molecule has 0 spiro atoms. The van der Waals surface area contributed by atoms with Crippen molar-refractivity contribution in [3.63, 3.8) is 0 Å². The van der Waals surface area contributed by atoms with Crippen molar-refractivity contribution in [2.24, 2.45) is 5.73 Å². The van der Waals surface area contributed by atoms with Crippen LogP contribution in [0.4, 0.5) is 0 Å². The Balaban J connectivity index is 2.08. The van der Waals surface area contributed by atoms with E-state index in [9.17, 15) is 4.79 Å². The van der Waals surface area contributed by atoms with E-state index in [-0.39, 0.29) is 5.91 Å². The van der Waals surface area contributed by atoms with E-state index in [0.29, 0.717) is 6.54 Å². The minimum Gasteiger partial charge on any atom is -0.493 e. The van der Waals surface area contributed by atoms with Crippen LogP contribution in [0.25, 0.3) is 0 Å². The summed E-state index contributed by atoms with van der Waals surface area (Å²) in [5, 5.41) is 0. The fourth-order valence-electron chi connectivity index (χ4n) is 2.21.